The number of rotatable bonds is 8. The molecule has 1 rings (SSSR count). The Hall–Kier alpha value is 0.0996. The van der Waals surface area contributed by atoms with E-state index in [0.717, 1.165) is 0 Å². The summed E-state index contributed by atoms with van der Waals surface area (Å²) in [6, 6.07) is 10.8. The van der Waals surface area contributed by atoms with E-state index in [0.29, 0.717) is 0 Å². The molecule has 0 bridgehead atoms. The Morgan fingerprint density at radius 3 is 2.59 bits per heavy atom. The summed E-state index contributed by atoms with van der Waals surface area (Å²) < 4.78 is 3.13. The van der Waals surface area contributed by atoms with Crippen LogP contribution in [0.5, 0.6) is 0 Å². The van der Waals surface area contributed by atoms with Gasteiger partial charge in [0.05, 0.1) is 0 Å². The van der Waals surface area contributed by atoms with Crippen molar-refractivity contribution in [1.82, 2.24) is 0 Å². The molecule has 94 valence electrons. The fourth-order valence-electron chi connectivity index (χ4n) is 1.31. The van der Waals surface area contributed by atoms with E-state index in [-0.39, 0.29) is 20.9 Å². The summed E-state index contributed by atoms with van der Waals surface area (Å²) in [6.07, 6.45) is 7.73. The molecule has 0 N–H and O–H groups in total. The van der Waals surface area contributed by atoms with Gasteiger partial charge in [-0.1, -0.05) is 0 Å². The quantitative estimate of drug-likeness (QED) is 0.342. The molecular weight excluding hydrogens is 340 g/mol. The molecule has 0 nitrogen and oxygen atoms in total. The standard InChI is InChI=1S/C15H22STe/c1-3-5-12-15(17-13-6-4-2)16-14-10-8-7-9-11-14/h7-12H,3-6,13H2,1-2H3/b15-12+. The molecule has 0 radical (unpaired) electrons. The molecule has 0 saturated heterocycles. The van der Waals surface area contributed by atoms with E-state index in [4.69, 9.17) is 0 Å². The van der Waals surface area contributed by atoms with Crippen LogP contribution in [-0.4, -0.2) is 20.9 Å². The van der Waals surface area contributed by atoms with Crippen molar-refractivity contribution in [2.24, 2.45) is 0 Å². The minimum atomic E-state index is 0.0555. The Kier molecular flexibility index (Phi) is 8.97. The van der Waals surface area contributed by atoms with E-state index in [9.17, 15) is 0 Å². The fourth-order valence-corrected chi connectivity index (χ4v) is 6.47. The summed E-state index contributed by atoms with van der Waals surface area (Å²) in [4.78, 5) is 1.40. The number of hydrogen-bond donors (Lipinski definition) is 0. The van der Waals surface area contributed by atoms with E-state index in [1.54, 1.807) is 2.95 Å². The van der Waals surface area contributed by atoms with Gasteiger partial charge < -0.3 is 0 Å². The summed E-state index contributed by atoms with van der Waals surface area (Å²) in [6.45, 7) is 4.54. The van der Waals surface area contributed by atoms with Gasteiger partial charge in [0.25, 0.3) is 0 Å². The van der Waals surface area contributed by atoms with E-state index < -0.39 is 0 Å². The van der Waals surface area contributed by atoms with E-state index in [1.165, 1.54) is 35.0 Å². The molecule has 0 atom stereocenters. The van der Waals surface area contributed by atoms with Crippen LogP contribution in [0.4, 0.5) is 0 Å². The van der Waals surface area contributed by atoms with Gasteiger partial charge in [0.2, 0.25) is 0 Å². The van der Waals surface area contributed by atoms with E-state index in [2.05, 4.69) is 50.3 Å². The van der Waals surface area contributed by atoms with Crippen molar-refractivity contribution >= 4 is 32.7 Å². The van der Waals surface area contributed by atoms with Gasteiger partial charge >= 0.3 is 121 Å². The van der Waals surface area contributed by atoms with Gasteiger partial charge in [0.15, 0.2) is 0 Å². The number of benzene rings is 1. The summed E-state index contributed by atoms with van der Waals surface area (Å²) in [7, 11) is 0. The number of unbranched alkanes of at least 4 members (excludes halogenated alkanes) is 2. The van der Waals surface area contributed by atoms with Crippen LogP contribution in [0, 0.1) is 0 Å². The van der Waals surface area contributed by atoms with Crippen molar-refractivity contribution in [3.63, 3.8) is 0 Å². The summed E-state index contributed by atoms with van der Waals surface area (Å²) in [5.41, 5.74) is 0. The third kappa shape index (κ3) is 7.19. The van der Waals surface area contributed by atoms with Gasteiger partial charge in [-0.05, 0) is 0 Å². The average molecular weight is 362 g/mol. The van der Waals surface area contributed by atoms with E-state index in [1.807, 2.05) is 11.8 Å². The number of allylic oxidation sites excluding steroid dienone is 1. The zero-order chi connectivity index (χ0) is 12.3. The van der Waals surface area contributed by atoms with Crippen molar-refractivity contribution in [3.05, 3.63) is 39.4 Å². The topological polar surface area (TPSA) is 0 Å². The monoisotopic (exact) mass is 364 g/mol. The van der Waals surface area contributed by atoms with Crippen LogP contribution in [-0.2, 0) is 0 Å². The first kappa shape index (κ1) is 15.2. The van der Waals surface area contributed by atoms with Crippen molar-refractivity contribution in [2.45, 2.75) is 48.9 Å². The second-order valence-electron chi connectivity index (χ2n) is 3.93. The molecule has 0 unspecified atom stereocenters. The molecule has 0 aliphatic rings. The molecule has 0 fully saturated rings. The van der Waals surface area contributed by atoms with Crippen molar-refractivity contribution in [2.75, 3.05) is 0 Å². The molecule has 0 heterocycles. The molecule has 2 heteroatoms. The fraction of sp³-hybridized carbons (Fsp3) is 0.467. The van der Waals surface area contributed by atoms with Crippen LogP contribution in [0.1, 0.15) is 39.5 Å². The number of thioether (sulfide) groups is 1. The third-order valence-electron chi connectivity index (χ3n) is 2.30. The first-order valence-corrected chi connectivity index (χ1v) is 10.1. The van der Waals surface area contributed by atoms with Crippen LogP contribution < -0.4 is 0 Å². The number of hydrogen-bond acceptors (Lipinski definition) is 1. The first-order valence-electron chi connectivity index (χ1n) is 6.42. The van der Waals surface area contributed by atoms with Crippen LogP contribution in [0.15, 0.2) is 44.3 Å². The molecular formula is C15H22STe. The van der Waals surface area contributed by atoms with Crippen LogP contribution in [0.2, 0.25) is 4.47 Å². The molecule has 0 spiro atoms. The Labute approximate surface area is 120 Å². The zero-order valence-corrected chi connectivity index (χ0v) is 14.0. The maximum absolute atomic E-state index is 2.48. The molecule has 0 saturated carbocycles. The van der Waals surface area contributed by atoms with Gasteiger partial charge in [0.1, 0.15) is 0 Å². The Bertz CT molecular complexity index is 319. The molecule has 0 aliphatic carbocycles. The molecule has 0 amide bonds. The van der Waals surface area contributed by atoms with Gasteiger partial charge in [-0.25, -0.2) is 0 Å². The van der Waals surface area contributed by atoms with Gasteiger partial charge in [-0.2, -0.15) is 0 Å². The van der Waals surface area contributed by atoms with Gasteiger partial charge in [-0.3, -0.25) is 0 Å². The zero-order valence-electron chi connectivity index (χ0n) is 10.8. The summed E-state index contributed by atoms with van der Waals surface area (Å²) in [5.74, 6) is 0. The Morgan fingerprint density at radius 2 is 1.94 bits per heavy atom. The van der Waals surface area contributed by atoms with Gasteiger partial charge in [-0.15, -0.1) is 0 Å². The predicted octanol–water partition coefficient (Wildman–Crippen LogP) is 5.34. The second kappa shape index (κ2) is 10.1. The van der Waals surface area contributed by atoms with E-state index >= 15 is 0 Å². The minimum absolute atomic E-state index is 0.0555. The van der Waals surface area contributed by atoms with Crippen molar-refractivity contribution < 1.29 is 0 Å². The first-order chi connectivity index (χ1) is 8.36. The maximum atomic E-state index is 2.48. The van der Waals surface area contributed by atoms with Crippen molar-refractivity contribution in [3.8, 4) is 0 Å². The SMILES string of the molecule is CCC/C=C(\Sc1ccccc1)[Te]CCCC. The molecule has 0 aliphatic heterocycles. The Balaban J connectivity index is 2.51. The molecule has 0 aromatic heterocycles. The predicted molar refractivity (Wildman–Crippen MR) is 80.8 cm³/mol. The van der Waals surface area contributed by atoms with Crippen LogP contribution >= 0.6 is 11.8 Å². The molecule has 1 aromatic carbocycles. The normalized spacial score (nSPS) is 11.8. The van der Waals surface area contributed by atoms with Crippen LogP contribution in [0.3, 0.4) is 0 Å². The van der Waals surface area contributed by atoms with Crippen molar-refractivity contribution in [1.29, 1.82) is 0 Å². The molecule has 1 aromatic rings. The van der Waals surface area contributed by atoms with Gasteiger partial charge in [0, 0.05) is 0 Å². The second-order valence-corrected chi connectivity index (χ2v) is 9.10. The average Bonchev–Trinajstić information content (AvgIpc) is 2.37. The van der Waals surface area contributed by atoms with Crippen LogP contribution in [0.25, 0.3) is 0 Å². The third-order valence-corrected chi connectivity index (χ3v) is 7.38. The molecule has 17 heavy (non-hydrogen) atoms. The Morgan fingerprint density at radius 1 is 1.18 bits per heavy atom. The summed E-state index contributed by atoms with van der Waals surface area (Å²) in [5, 5.41) is 0. The summed E-state index contributed by atoms with van der Waals surface area (Å²) >= 11 is 2.05.